The number of carboxylic acid groups (broad SMARTS) is 1. The van der Waals surface area contributed by atoms with E-state index in [0.29, 0.717) is 25.7 Å². The van der Waals surface area contributed by atoms with Gasteiger partial charge in [-0.3, -0.25) is 24.2 Å². The van der Waals surface area contributed by atoms with Crippen LogP contribution in [-0.2, 0) is 24.0 Å². The second kappa shape index (κ2) is 28.5. The van der Waals surface area contributed by atoms with Crippen LogP contribution >= 0.6 is 0 Å². The summed E-state index contributed by atoms with van der Waals surface area (Å²) in [5.74, 6) is -3.37. The van der Waals surface area contributed by atoms with Gasteiger partial charge in [0, 0.05) is 13.0 Å². The summed E-state index contributed by atoms with van der Waals surface area (Å²) in [6.45, 7) is 9.60. The number of unbranched alkanes of at least 4 members (excludes halogenated alkanes) is 12. The normalized spacial score (nSPS) is 13.5. The van der Waals surface area contributed by atoms with Crippen LogP contribution in [-0.4, -0.2) is 71.9 Å². The third-order valence-corrected chi connectivity index (χ3v) is 8.66. The highest BCUT2D eigenvalue weighted by molar-refractivity contribution is 5.94. The van der Waals surface area contributed by atoms with Crippen molar-refractivity contribution in [1.82, 2.24) is 21.3 Å². The van der Waals surface area contributed by atoms with Crippen molar-refractivity contribution in [3.8, 4) is 0 Å². The molecule has 0 saturated heterocycles. The molecule has 49 heavy (non-hydrogen) atoms. The summed E-state index contributed by atoms with van der Waals surface area (Å²) < 4.78 is 0. The van der Waals surface area contributed by atoms with Crippen LogP contribution in [0.1, 0.15) is 150 Å². The molecular weight excluding hydrogens is 626 g/mol. The lowest BCUT2D eigenvalue weighted by atomic mass is 9.96. The van der Waals surface area contributed by atoms with Gasteiger partial charge in [-0.05, 0) is 37.5 Å². The minimum Gasteiger partial charge on any atom is -0.480 e. The molecule has 0 aliphatic rings. The first-order valence-corrected chi connectivity index (χ1v) is 18.8. The third kappa shape index (κ3) is 24.4. The van der Waals surface area contributed by atoms with Gasteiger partial charge in [-0.1, -0.05) is 118 Å². The van der Waals surface area contributed by atoms with E-state index in [4.69, 9.17) is 11.5 Å². The third-order valence-electron chi connectivity index (χ3n) is 8.66. The van der Waals surface area contributed by atoms with Crippen LogP contribution in [0.15, 0.2) is 4.99 Å². The minimum atomic E-state index is -1.22. The van der Waals surface area contributed by atoms with Crippen LogP contribution in [0.2, 0.25) is 0 Å². The molecule has 0 aromatic carbocycles. The van der Waals surface area contributed by atoms with E-state index in [1.807, 2.05) is 27.7 Å². The Bertz CT molecular complexity index is 987. The van der Waals surface area contributed by atoms with Crippen LogP contribution in [0, 0.1) is 11.8 Å². The molecule has 9 N–H and O–H groups in total. The number of aliphatic imine (C=N–C) groups is 1. The zero-order valence-electron chi connectivity index (χ0n) is 31.1. The summed E-state index contributed by atoms with van der Waals surface area (Å²) in [7, 11) is 0. The molecule has 4 amide bonds. The quantitative estimate of drug-likeness (QED) is 0.0326. The Morgan fingerprint density at radius 1 is 0.673 bits per heavy atom. The van der Waals surface area contributed by atoms with Crippen molar-refractivity contribution in [3.63, 3.8) is 0 Å². The predicted octanol–water partition coefficient (Wildman–Crippen LogP) is 4.27. The number of nitrogens with zero attached hydrogens (tertiary/aromatic N) is 1. The molecule has 0 aromatic rings. The minimum absolute atomic E-state index is 0.0969. The average molecular weight is 696 g/mol. The van der Waals surface area contributed by atoms with E-state index in [0.717, 1.165) is 19.3 Å². The molecule has 0 rings (SSSR count). The maximum Gasteiger partial charge on any atom is 0.326 e. The lowest BCUT2D eigenvalue weighted by Crippen LogP contribution is -2.57. The molecule has 0 aromatic heterocycles. The molecule has 4 atom stereocenters. The number of hydrogen-bond donors (Lipinski definition) is 7. The number of carbonyl (C=O) groups excluding carboxylic acids is 4. The Labute approximate surface area is 295 Å². The second-order valence-corrected chi connectivity index (χ2v) is 13.7. The van der Waals surface area contributed by atoms with Gasteiger partial charge in [0.25, 0.3) is 0 Å². The van der Waals surface area contributed by atoms with Gasteiger partial charge in [0.05, 0.1) is 6.54 Å². The predicted molar refractivity (Wildman–Crippen MR) is 196 cm³/mol. The molecule has 0 spiro atoms. The number of aliphatic carboxylic acids is 1. The monoisotopic (exact) mass is 696 g/mol. The van der Waals surface area contributed by atoms with E-state index in [9.17, 15) is 29.1 Å². The first kappa shape index (κ1) is 45.6. The smallest absolute Gasteiger partial charge is 0.326 e. The zero-order valence-corrected chi connectivity index (χ0v) is 31.1. The fourth-order valence-corrected chi connectivity index (χ4v) is 5.51. The van der Waals surface area contributed by atoms with Gasteiger partial charge in [-0.2, -0.15) is 0 Å². The number of hydrogen-bond acceptors (Lipinski definition) is 6. The molecule has 0 fully saturated rings. The van der Waals surface area contributed by atoms with Crippen molar-refractivity contribution in [2.75, 3.05) is 13.1 Å². The largest absolute Gasteiger partial charge is 0.480 e. The van der Waals surface area contributed by atoms with E-state index in [1.165, 1.54) is 64.2 Å². The second-order valence-electron chi connectivity index (χ2n) is 13.7. The van der Waals surface area contributed by atoms with Gasteiger partial charge in [0.15, 0.2) is 5.96 Å². The van der Waals surface area contributed by atoms with Crippen LogP contribution in [0.25, 0.3) is 0 Å². The topological polar surface area (TPSA) is 218 Å². The molecule has 13 heteroatoms. The Kier molecular flexibility index (Phi) is 26.5. The Morgan fingerprint density at radius 2 is 1.20 bits per heavy atom. The summed E-state index contributed by atoms with van der Waals surface area (Å²) in [5, 5.41) is 20.0. The molecule has 284 valence electrons. The Balaban J connectivity index is 4.82. The van der Waals surface area contributed by atoms with Crippen LogP contribution in [0.4, 0.5) is 0 Å². The van der Waals surface area contributed by atoms with E-state index >= 15 is 0 Å². The van der Waals surface area contributed by atoms with Gasteiger partial charge < -0.3 is 37.8 Å². The van der Waals surface area contributed by atoms with Gasteiger partial charge in [0.1, 0.15) is 18.1 Å². The first-order valence-electron chi connectivity index (χ1n) is 18.8. The zero-order chi connectivity index (χ0) is 37.0. The molecule has 0 unspecified atom stereocenters. The van der Waals surface area contributed by atoms with Gasteiger partial charge >= 0.3 is 5.97 Å². The number of carboxylic acids is 1. The molecule has 0 aliphatic heterocycles. The number of nitrogens with one attached hydrogen (secondary N) is 4. The summed E-state index contributed by atoms with van der Waals surface area (Å²) >= 11 is 0. The van der Waals surface area contributed by atoms with Gasteiger partial charge in [-0.15, -0.1) is 0 Å². The highest BCUT2D eigenvalue weighted by atomic mass is 16.4. The summed E-state index contributed by atoms with van der Waals surface area (Å²) in [4.78, 5) is 67.2. The Hall–Kier alpha value is -3.38. The SMILES string of the molecule is CCCCCCCCCCCCCCCC(=O)N[C@@H](CC(C)C)C(=O)N[C@H](C(=O)NCC(=O)N[C@@H](CCCN=C(N)N)C(=O)O)[C@@H](C)CC. The van der Waals surface area contributed by atoms with Crippen LogP contribution < -0.4 is 32.7 Å². The van der Waals surface area contributed by atoms with Gasteiger partial charge in [-0.25, -0.2) is 4.79 Å². The van der Waals surface area contributed by atoms with Gasteiger partial charge in [0.2, 0.25) is 23.6 Å². The fraction of sp³-hybridized carbons (Fsp3) is 0.833. The van der Waals surface area contributed by atoms with Crippen molar-refractivity contribution in [1.29, 1.82) is 0 Å². The molecule has 13 nitrogen and oxygen atoms in total. The lowest BCUT2D eigenvalue weighted by molar-refractivity contribution is -0.142. The van der Waals surface area contributed by atoms with Crippen molar-refractivity contribution in [3.05, 3.63) is 0 Å². The summed E-state index contributed by atoms with van der Waals surface area (Å²) in [6, 6.07) is -2.93. The number of rotatable bonds is 30. The van der Waals surface area contributed by atoms with Crippen molar-refractivity contribution in [2.24, 2.45) is 28.3 Å². The van der Waals surface area contributed by atoms with E-state index in [2.05, 4.69) is 33.2 Å². The van der Waals surface area contributed by atoms with Crippen molar-refractivity contribution < 1.29 is 29.1 Å². The summed E-state index contributed by atoms with van der Waals surface area (Å²) in [5.41, 5.74) is 10.5. The average Bonchev–Trinajstić information content (AvgIpc) is 3.04. The molecule has 0 saturated carbocycles. The lowest BCUT2D eigenvalue weighted by Gasteiger charge is -2.27. The first-order chi connectivity index (χ1) is 23.3. The maximum absolute atomic E-state index is 13.4. The molecular formula is C36H69N7O6. The van der Waals surface area contributed by atoms with Crippen LogP contribution in [0.3, 0.4) is 0 Å². The number of guanidine groups is 1. The van der Waals surface area contributed by atoms with E-state index < -0.39 is 48.4 Å². The molecule has 0 bridgehead atoms. The summed E-state index contributed by atoms with van der Waals surface area (Å²) in [6.07, 6.45) is 17.6. The van der Waals surface area contributed by atoms with Crippen molar-refractivity contribution in [2.45, 2.75) is 168 Å². The number of carbonyl (C=O) groups is 5. The van der Waals surface area contributed by atoms with Crippen molar-refractivity contribution >= 4 is 35.6 Å². The van der Waals surface area contributed by atoms with E-state index in [-0.39, 0.29) is 36.7 Å². The number of nitrogens with two attached hydrogens (primary N) is 2. The van der Waals surface area contributed by atoms with E-state index in [1.54, 1.807) is 0 Å². The highest BCUT2D eigenvalue weighted by Crippen LogP contribution is 2.14. The fourth-order valence-electron chi connectivity index (χ4n) is 5.51. The highest BCUT2D eigenvalue weighted by Gasteiger charge is 2.30. The molecule has 0 radical (unpaired) electrons. The maximum atomic E-state index is 13.4. The number of amides is 4. The Morgan fingerprint density at radius 3 is 1.69 bits per heavy atom. The molecule has 0 aliphatic carbocycles. The van der Waals surface area contributed by atoms with Crippen LogP contribution in [0.5, 0.6) is 0 Å². The molecule has 0 heterocycles. The standard InChI is InChI=1S/C36H69N7O6/c1-6-8-9-10-11-12-13-14-15-16-17-18-19-22-30(44)42-29(24-26(3)4)33(46)43-32(27(5)7-2)34(47)40-25-31(45)41-28(35(48)49)21-20-23-39-36(37)38/h26-29,32H,6-25H2,1-5H3,(H,40,47)(H,41,45)(H,42,44)(H,43,46)(H,48,49)(H4,37,38,39)/t27-,28-,29-,32-/m0/s1.